The Morgan fingerprint density at radius 2 is 2.19 bits per heavy atom. The first-order valence-corrected chi connectivity index (χ1v) is 6.50. The van der Waals surface area contributed by atoms with Crippen LogP contribution in [-0.2, 0) is 4.74 Å². The fraction of sp³-hybridized carbons (Fsp3) is 0.846. The zero-order valence-corrected chi connectivity index (χ0v) is 10.3. The fourth-order valence-corrected chi connectivity index (χ4v) is 2.67. The van der Waals surface area contributed by atoms with E-state index in [2.05, 4.69) is 24.1 Å². The Morgan fingerprint density at radius 3 is 2.88 bits per heavy atom. The van der Waals surface area contributed by atoms with E-state index in [9.17, 15) is 0 Å². The molecule has 0 amide bonds. The van der Waals surface area contributed by atoms with E-state index in [4.69, 9.17) is 4.74 Å². The zero-order chi connectivity index (χ0) is 11.4. The second-order valence-corrected chi connectivity index (χ2v) is 5.11. The first-order valence-electron chi connectivity index (χ1n) is 6.50. The van der Waals surface area contributed by atoms with Crippen molar-refractivity contribution in [1.82, 2.24) is 10.6 Å². The van der Waals surface area contributed by atoms with Crippen LogP contribution in [0.3, 0.4) is 0 Å². The van der Waals surface area contributed by atoms with E-state index in [0.29, 0.717) is 12.0 Å². The van der Waals surface area contributed by atoms with Gasteiger partial charge < -0.3 is 10.1 Å². The van der Waals surface area contributed by atoms with Gasteiger partial charge in [-0.2, -0.15) is 0 Å². The molecule has 1 saturated heterocycles. The minimum Gasteiger partial charge on any atom is -0.359 e. The fourth-order valence-electron chi connectivity index (χ4n) is 2.67. The molecular formula is C13H24N2O. The standard InChI is InChI=1S/C13H24N2O/c1-10(2)11-4-3-5-12(8-11)16-13-9-14-6-7-15-13/h11-15H,1,3-9H2,2H3. The lowest BCUT2D eigenvalue weighted by Crippen LogP contribution is -2.51. The molecule has 1 aliphatic heterocycles. The van der Waals surface area contributed by atoms with Crippen LogP contribution in [0.15, 0.2) is 12.2 Å². The van der Waals surface area contributed by atoms with Crippen LogP contribution in [0.4, 0.5) is 0 Å². The van der Waals surface area contributed by atoms with Gasteiger partial charge in [-0.25, -0.2) is 0 Å². The van der Waals surface area contributed by atoms with E-state index in [-0.39, 0.29) is 6.23 Å². The second kappa shape index (κ2) is 5.80. The predicted molar refractivity (Wildman–Crippen MR) is 66.3 cm³/mol. The maximum atomic E-state index is 6.10. The summed E-state index contributed by atoms with van der Waals surface area (Å²) >= 11 is 0. The zero-order valence-electron chi connectivity index (χ0n) is 10.3. The van der Waals surface area contributed by atoms with Gasteiger partial charge >= 0.3 is 0 Å². The van der Waals surface area contributed by atoms with Gasteiger partial charge in [0.05, 0.1) is 6.10 Å². The number of piperazine rings is 1. The molecule has 92 valence electrons. The summed E-state index contributed by atoms with van der Waals surface area (Å²) in [5, 5.41) is 6.76. The molecule has 16 heavy (non-hydrogen) atoms. The number of nitrogens with one attached hydrogen (secondary N) is 2. The van der Waals surface area contributed by atoms with E-state index < -0.39 is 0 Å². The van der Waals surface area contributed by atoms with Gasteiger partial charge in [0.15, 0.2) is 0 Å². The lowest BCUT2D eigenvalue weighted by molar-refractivity contribution is -0.0564. The molecule has 2 aliphatic rings. The Balaban J connectivity index is 1.78. The molecular weight excluding hydrogens is 200 g/mol. The van der Waals surface area contributed by atoms with Crippen molar-refractivity contribution >= 4 is 0 Å². The van der Waals surface area contributed by atoms with Crippen LogP contribution < -0.4 is 10.6 Å². The summed E-state index contributed by atoms with van der Waals surface area (Å²) in [6.45, 7) is 9.23. The molecule has 3 atom stereocenters. The Hall–Kier alpha value is -0.380. The molecule has 2 rings (SSSR count). The first kappa shape index (κ1) is 12.1. The van der Waals surface area contributed by atoms with Gasteiger partial charge in [0, 0.05) is 19.6 Å². The van der Waals surface area contributed by atoms with E-state index in [1.165, 1.54) is 24.8 Å². The third-order valence-corrected chi connectivity index (χ3v) is 3.68. The molecule has 0 aromatic heterocycles. The minimum atomic E-state index is 0.211. The molecule has 3 heteroatoms. The molecule has 2 fully saturated rings. The Morgan fingerprint density at radius 1 is 1.31 bits per heavy atom. The molecule has 0 spiro atoms. The Labute approximate surface area is 98.6 Å². The number of hydrogen-bond donors (Lipinski definition) is 2. The number of rotatable bonds is 3. The van der Waals surface area contributed by atoms with Crippen LogP contribution >= 0.6 is 0 Å². The molecule has 0 bridgehead atoms. The van der Waals surface area contributed by atoms with Gasteiger partial charge in [0.1, 0.15) is 6.23 Å². The summed E-state index contributed by atoms with van der Waals surface area (Å²) in [7, 11) is 0. The topological polar surface area (TPSA) is 33.3 Å². The molecule has 3 nitrogen and oxygen atoms in total. The quantitative estimate of drug-likeness (QED) is 0.715. The van der Waals surface area contributed by atoms with E-state index in [0.717, 1.165) is 26.1 Å². The van der Waals surface area contributed by atoms with Crippen LogP contribution in [0.2, 0.25) is 0 Å². The Kier molecular flexibility index (Phi) is 4.38. The summed E-state index contributed by atoms with van der Waals surface area (Å²) < 4.78 is 6.10. The van der Waals surface area contributed by atoms with Crippen LogP contribution in [0.1, 0.15) is 32.6 Å². The molecule has 3 unspecified atom stereocenters. The van der Waals surface area contributed by atoms with Crippen LogP contribution in [0.5, 0.6) is 0 Å². The number of hydrogen-bond acceptors (Lipinski definition) is 3. The van der Waals surface area contributed by atoms with Gasteiger partial charge in [-0.1, -0.05) is 18.6 Å². The summed E-state index contributed by atoms with van der Waals surface area (Å²) in [6, 6.07) is 0. The minimum absolute atomic E-state index is 0.211. The summed E-state index contributed by atoms with van der Waals surface area (Å²) in [5.41, 5.74) is 1.32. The smallest absolute Gasteiger partial charge is 0.121 e. The highest BCUT2D eigenvalue weighted by molar-refractivity contribution is 4.98. The lowest BCUT2D eigenvalue weighted by Gasteiger charge is -2.34. The summed E-state index contributed by atoms with van der Waals surface area (Å²) in [4.78, 5) is 0. The van der Waals surface area contributed by atoms with Crippen LogP contribution in [-0.4, -0.2) is 32.0 Å². The lowest BCUT2D eigenvalue weighted by atomic mass is 9.83. The highest BCUT2D eigenvalue weighted by Gasteiger charge is 2.25. The third-order valence-electron chi connectivity index (χ3n) is 3.68. The van der Waals surface area contributed by atoms with E-state index in [1.54, 1.807) is 0 Å². The van der Waals surface area contributed by atoms with Crippen LogP contribution in [0, 0.1) is 5.92 Å². The molecule has 1 heterocycles. The first-order chi connectivity index (χ1) is 7.75. The highest BCUT2D eigenvalue weighted by atomic mass is 16.5. The van der Waals surface area contributed by atoms with Gasteiger partial charge in [-0.15, -0.1) is 0 Å². The van der Waals surface area contributed by atoms with Crippen molar-refractivity contribution in [3.05, 3.63) is 12.2 Å². The maximum Gasteiger partial charge on any atom is 0.121 e. The normalized spacial score (nSPS) is 35.9. The van der Waals surface area contributed by atoms with Gasteiger partial charge in [-0.3, -0.25) is 5.32 Å². The van der Waals surface area contributed by atoms with E-state index >= 15 is 0 Å². The van der Waals surface area contributed by atoms with Gasteiger partial charge in [0.25, 0.3) is 0 Å². The van der Waals surface area contributed by atoms with Crippen LogP contribution in [0.25, 0.3) is 0 Å². The largest absolute Gasteiger partial charge is 0.359 e. The summed E-state index contributed by atoms with van der Waals surface area (Å²) in [5.74, 6) is 0.676. The maximum absolute atomic E-state index is 6.10. The van der Waals surface area contributed by atoms with Crippen molar-refractivity contribution in [3.63, 3.8) is 0 Å². The van der Waals surface area contributed by atoms with Crippen molar-refractivity contribution in [3.8, 4) is 0 Å². The van der Waals surface area contributed by atoms with Crippen molar-refractivity contribution in [2.45, 2.75) is 44.9 Å². The second-order valence-electron chi connectivity index (χ2n) is 5.11. The molecule has 0 radical (unpaired) electrons. The molecule has 2 N–H and O–H groups in total. The molecule has 1 aliphatic carbocycles. The Bertz CT molecular complexity index is 236. The summed E-state index contributed by atoms with van der Waals surface area (Å²) in [6.07, 6.45) is 5.58. The molecule has 1 saturated carbocycles. The van der Waals surface area contributed by atoms with E-state index in [1.807, 2.05) is 0 Å². The highest BCUT2D eigenvalue weighted by Crippen LogP contribution is 2.30. The average Bonchev–Trinajstić information content (AvgIpc) is 2.30. The number of ether oxygens (including phenoxy) is 1. The van der Waals surface area contributed by atoms with Crippen molar-refractivity contribution < 1.29 is 4.74 Å². The van der Waals surface area contributed by atoms with Gasteiger partial charge in [0.2, 0.25) is 0 Å². The molecule has 0 aromatic rings. The van der Waals surface area contributed by atoms with Crippen molar-refractivity contribution in [1.29, 1.82) is 0 Å². The predicted octanol–water partition coefficient (Wildman–Crippen LogP) is 1.66. The van der Waals surface area contributed by atoms with Crippen molar-refractivity contribution in [2.24, 2.45) is 5.92 Å². The molecule has 0 aromatic carbocycles. The monoisotopic (exact) mass is 224 g/mol. The van der Waals surface area contributed by atoms with Gasteiger partial charge in [-0.05, 0) is 32.1 Å². The number of allylic oxidation sites excluding steroid dienone is 1. The third kappa shape index (κ3) is 3.30. The average molecular weight is 224 g/mol. The van der Waals surface area contributed by atoms with Crippen molar-refractivity contribution in [2.75, 3.05) is 19.6 Å². The SMILES string of the molecule is C=C(C)C1CCCC(OC2CNCCN2)C1.